The molecular formula is C11H13NO2. The predicted octanol–water partition coefficient (Wildman–Crippen LogP) is 1.83. The molecule has 2 unspecified atom stereocenters. The van der Waals surface area contributed by atoms with E-state index in [1.807, 2.05) is 12.1 Å². The highest BCUT2D eigenvalue weighted by Crippen LogP contribution is 2.38. The summed E-state index contributed by atoms with van der Waals surface area (Å²) in [6.07, 6.45) is 2.91. The molecule has 3 heteroatoms. The number of hydrogen-bond donors (Lipinski definition) is 1. The van der Waals surface area contributed by atoms with Crippen molar-refractivity contribution in [1.29, 1.82) is 0 Å². The van der Waals surface area contributed by atoms with Gasteiger partial charge in [-0.05, 0) is 29.9 Å². The molecule has 1 aromatic heterocycles. The fraction of sp³-hybridized carbons (Fsp3) is 0.455. The van der Waals surface area contributed by atoms with Crippen LogP contribution >= 0.6 is 0 Å². The van der Waals surface area contributed by atoms with E-state index in [9.17, 15) is 4.79 Å². The minimum absolute atomic E-state index is 0.149. The average molecular weight is 191 g/mol. The van der Waals surface area contributed by atoms with Gasteiger partial charge in [0, 0.05) is 11.9 Å². The van der Waals surface area contributed by atoms with Crippen LogP contribution in [-0.2, 0) is 11.2 Å². The summed E-state index contributed by atoms with van der Waals surface area (Å²) in [7, 11) is 0. The standard InChI is InChI=1S/C11H13NO2/c1-7-5-10-8(3-2-4-12-10)9(7)6-11(13)14/h2-4,7,9H,5-6H2,1H3,(H,13,14). The first-order valence-electron chi connectivity index (χ1n) is 4.84. The molecule has 0 amide bonds. The van der Waals surface area contributed by atoms with E-state index < -0.39 is 5.97 Å². The molecule has 74 valence electrons. The molecule has 0 aromatic carbocycles. The van der Waals surface area contributed by atoms with Crippen molar-refractivity contribution in [3.63, 3.8) is 0 Å². The number of carbonyl (C=O) groups is 1. The van der Waals surface area contributed by atoms with Crippen LogP contribution in [0.15, 0.2) is 18.3 Å². The van der Waals surface area contributed by atoms with Crippen molar-refractivity contribution in [1.82, 2.24) is 4.98 Å². The lowest BCUT2D eigenvalue weighted by molar-refractivity contribution is -0.137. The van der Waals surface area contributed by atoms with E-state index in [4.69, 9.17) is 5.11 Å². The Morgan fingerprint density at radius 1 is 1.71 bits per heavy atom. The summed E-state index contributed by atoms with van der Waals surface area (Å²) in [5, 5.41) is 8.80. The molecule has 1 aliphatic rings. The maximum Gasteiger partial charge on any atom is 0.303 e. The smallest absolute Gasteiger partial charge is 0.303 e. The van der Waals surface area contributed by atoms with E-state index >= 15 is 0 Å². The van der Waals surface area contributed by atoms with Crippen LogP contribution in [0.4, 0.5) is 0 Å². The molecule has 2 atom stereocenters. The molecular weight excluding hydrogens is 178 g/mol. The maximum absolute atomic E-state index is 10.7. The quantitative estimate of drug-likeness (QED) is 0.775. The van der Waals surface area contributed by atoms with Crippen molar-refractivity contribution in [2.45, 2.75) is 25.7 Å². The highest BCUT2D eigenvalue weighted by atomic mass is 16.4. The number of carboxylic acids is 1. The first kappa shape index (κ1) is 9.19. The highest BCUT2D eigenvalue weighted by Gasteiger charge is 2.31. The molecule has 0 radical (unpaired) electrons. The summed E-state index contributed by atoms with van der Waals surface area (Å²) in [6.45, 7) is 2.09. The number of nitrogens with zero attached hydrogens (tertiary/aromatic N) is 1. The van der Waals surface area contributed by atoms with Crippen LogP contribution in [0.5, 0.6) is 0 Å². The van der Waals surface area contributed by atoms with E-state index in [1.165, 1.54) is 0 Å². The van der Waals surface area contributed by atoms with Gasteiger partial charge in [0.2, 0.25) is 0 Å². The summed E-state index contributed by atoms with van der Waals surface area (Å²) in [5.41, 5.74) is 2.20. The molecule has 0 saturated heterocycles. The molecule has 1 aromatic rings. The maximum atomic E-state index is 10.7. The van der Waals surface area contributed by atoms with E-state index in [2.05, 4.69) is 11.9 Å². The van der Waals surface area contributed by atoms with Gasteiger partial charge in [-0.3, -0.25) is 9.78 Å². The predicted molar refractivity (Wildman–Crippen MR) is 52.1 cm³/mol. The lowest BCUT2D eigenvalue weighted by Crippen LogP contribution is -2.09. The van der Waals surface area contributed by atoms with Crippen LogP contribution in [0.3, 0.4) is 0 Å². The lowest BCUT2D eigenvalue weighted by Gasteiger charge is -2.13. The van der Waals surface area contributed by atoms with E-state index in [0.717, 1.165) is 17.7 Å². The SMILES string of the molecule is CC1Cc2ncccc2C1CC(=O)O. The van der Waals surface area contributed by atoms with Gasteiger partial charge in [-0.25, -0.2) is 0 Å². The number of rotatable bonds is 2. The minimum Gasteiger partial charge on any atom is -0.481 e. The Morgan fingerprint density at radius 2 is 2.50 bits per heavy atom. The van der Waals surface area contributed by atoms with Crippen LogP contribution in [-0.4, -0.2) is 16.1 Å². The normalized spacial score (nSPS) is 24.6. The number of fused-ring (bicyclic) bond motifs is 1. The van der Waals surface area contributed by atoms with Gasteiger partial charge in [-0.2, -0.15) is 0 Å². The van der Waals surface area contributed by atoms with Crippen molar-refractivity contribution in [3.8, 4) is 0 Å². The largest absolute Gasteiger partial charge is 0.481 e. The van der Waals surface area contributed by atoms with Gasteiger partial charge in [-0.1, -0.05) is 13.0 Å². The van der Waals surface area contributed by atoms with Crippen LogP contribution in [0.1, 0.15) is 30.5 Å². The zero-order chi connectivity index (χ0) is 10.1. The summed E-state index contributed by atoms with van der Waals surface area (Å²) >= 11 is 0. The number of pyridine rings is 1. The molecule has 1 heterocycles. The molecule has 3 nitrogen and oxygen atoms in total. The molecule has 0 aliphatic heterocycles. The van der Waals surface area contributed by atoms with Crippen molar-refractivity contribution >= 4 is 5.97 Å². The topological polar surface area (TPSA) is 50.2 Å². The molecule has 0 bridgehead atoms. The van der Waals surface area contributed by atoms with Gasteiger partial charge >= 0.3 is 5.97 Å². The third kappa shape index (κ3) is 1.50. The second-order valence-electron chi connectivity index (χ2n) is 3.93. The number of aliphatic carboxylic acids is 1. The second kappa shape index (κ2) is 3.40. The van der Waals surface area contributed by atoms with Crippen molar-refractivity contribution < 1.29 is 9.90 Å². The van der Waals surface area contributed by atoms with Crippen molar-refractivity contribution in [2.75, 3.05) is 0 Å². The molecule has 2 rings (SSSR count). The Bertz CT molecular complexity index is 362. The van der Waals surface area contributed by atoms with Crippen LogP contribution in [0.25, 0.3) is 0 Å². The van der Waals surface area contributed by atoms with Gasteiger partial charge in [-0.15, -0.1) is 0 Å². The zero-order valence-electron chi connectivity index (χ0n) is 8.10. The zero-order valence-corrected chi connectivity index (χ0v) is 8.10. The monoisotopic (exact) mass is 191 g/mol. The Balaban J connectivity index is 2.30. The third-order valence-electron chi connectivity index (χ3n) is 2.92. The number of aromatic nitrogens is 1. The highest BCUT2D eigenvalue weighted by molar-refractivity contribution is 5.68. The minimum atomic E-state index is -0.724. The molecule has 0 spiro atoms. The molecule has 14 heavy (non-hydrogen) atoms. The Labute approximate surface area is 82.8 Å². The second-order valence-corrected chi connectivity index (χ2v) is 3.93. The van der Waals surface area contributed by atoms with Crippen molar-refractivity contribution in [3.05, 3.63) is 29.6 Å². The third-order valence-corrected chi connectivity index (χ3v) is 2.92. The fourth-order valence-corrected chi connectivity index (χ4v) is 2.21. The van der Waals surface area contributed by atoms with Gasteiger partial charge in [0.15, 0.2) is 0 Å². The van der Waals surface area contributed by atoms with Crippen molar-refractivity contribution in [2.24, 2.45) is 5.92 Å². The van der Waals surface area contributed by atoms with Crippen LogP contribution in [0.2, 0.25) is 0 Å². The summed E-state index contributed by atoms with van der Waals surface area (Å²) < 4.78 is 0. The lowest BCUT2D eigenvalue weighted by atomic mass is 9.91. The first-order valence-corrected chi connectivity index (χ1v) is 4.84. The van der Waals surface area contributed by atoms with Gasteiger partial charge < -0.3 is 5.11 Å². The Kier molecular flexibility index (Phi) is 2.23. The molecule has 0 saturated carbocycles. The Hall–Kier alpha value is -1.38. The van der Waals surface area contributed by atoms with E-state index in [1.54, 1.807) is 6.20 Å². The molecule has 0 fully saturated rings. The van der Waals surface area contributed by atoms with Gasteiger partial charge in [0.1, 0.15) is 0 Å². The number of hydrogen-bond acceptors (Lipinski definition) is 2. The summed E-state index contributed by atoms with van der Waals surface area (Å²) in [5.74, 6) is -0.175. The van der Waals surface area contributed by atoms with E-state index in [-0.39, 0.29) is 12.3 Å². The summed E-state index contributed by atoms with van der Waals surface area (Å²) in [6, 6.07) is 3.88. The number of carboxylic acid groups (broad SMARTS) is 1. The average Bonchev–Trinajstić information content (AvgIpc) is 2.43. The van der Waals surface area contributed by atoms with Gasteiger partial charge in [0.25, 0.3) is 0 Å². The fourth-order valence-electron chi connectivity index (χ4n) is 2.21. The first-order chi connectivity index (χ1) is 6.68. The molecule has 1 aliphatic carbocycles. The molecule has 1 N–H and O–H groups in total. The van der Waals surface area contributed by atoms with E-state index in [0.29, 0.717) is 5.92 Å². The Morgan fingerprint density at radius 3 is 3.21 bits per heavy atom. The summed E-state index contributed by atoms with van der Waals surface area (Å²) in [4.78, 5) is 15.0. The van der Waals surface area contributed by atoms with Gasteiger partial charge in [0.05, 0.1) is 6.42 Å². The van der Waals surface area contributed by atoms with Crippen LogP contribution in [0, 0.1) is 5.92 Å². The van der Waals surface area contributed by atoms with Crippen LogP contribution < -0.4 is 0 Å².